The van der Waals surface area contributed by atoms with E-state index in [-0.39, 0.29) is 6.10 Å². The van der Waals surface area contributed by atoms with Gasteiger partial charge in [-0.2, -0.15) is 0 Å². The summed E-state index contributed by atoms with van der Waals surface area (Å²) in [7, 11) is 1.69. The molecule has 1 heterocycles. The summed E-state index contributed by atoms with van der Waals surface area (Å²) in [5.41, 5.74) is 2.24. The van der Waals surface area contributed by atoms with Gasteiger partial charge in [0.1, 0.15) is 5.75 Å². The largest absolute Gasteiger partial charge is 0.496 e. The highest BCUT2D eigenvalue weighted by Crippen LogP contribution is 2.19. The summed E-state index contributed by atoms with van der Waals surface area (Å²) in [6, 6.07) is 6.15. The monoisotopic (exact) mass is 291 g/mol. The maximum atomic E-state index is 9.66. The predicted molar refractivity (Wildman–Crippen MR) is 84.7 cm³/mol. The molecule has 5 nitrogen and oxygen atoms in total. The van der Waals surface area contributed by atoms with Crippen LogP contribution >= 0.6 is 0 Å². The van der Waals surface area contributed by atoms with Crippen LogP contribution in [0.3, 0.4) is 0 Å². The summed E-state index contributed by atoms with van der Waals surface area (Å²) in [5.74, 6) is 1.76. The van der Waals surface area contributed by atoms with E-state index in [0.717, 1.165) is 42.3 Å². The van der Waals surface area contributed by atoms with E-state index in [1.165, 1.54) is 0 Å². The van der Waals surface area contributed by atoms with E-state index in [1.54, 1.807) is 7.11 Å². The quantitative estimate of drug-likeness (QED) is 0.652. The Kier molecular flexibility index (Phi) is 5.44. The Morgan fingerprint density at radius 1 is 1.52 bits per heavy atom. The zero-order valence-electron chi connectivity index (χ0n) is 13.1. The number of nitrogens with one attached hydrogen (secondary N) is 1. The Bertz CT molecular complexity index is 502. The number of benzene rings is 1. The first-order chi connectivity index (χ1) is 10.1. The second kappa shape index (κ2) is 7.31. The van der Waals surface area contributed by atoms with E-state index in [0.29, 0.717) is 13.1 Å². The number of aryl methyl sites for hydroxylation is 1. The first kappa shape index (κ1) is 15.6. The molecule has 116 valence electrons. The third kappa shape index (κ3) is 4.11. The van der Waals surface area contributed by atoms with Crippen LogP contribution in [0.5, 0.6) is 5.75 Å². The predicted octanol–water partition coefficient (Wildman–Crippen LogP) is 1.54. The average Bonchev–Trinajstić information content (AvgIpc) is 2.91. The van der Waals surface area contributed by atoms with Crippen LogP contribution in [0.2, 0.25) is 0 Å². The van der Waals surface area contributed by atoms with E-state index in [9.17, 15) is 5.11 Å². The molecule has 2 rings (SSSR count). The fourth-order valence-electron chi connectivity index (χ4n) is 2.49. The van der Waals surface area contributed by atoms with Crippen LogP contribution in [-0.4, -0.2) is 48.8 Å². The van der Waals surface area contributed by atoms with Gasteiger partial charge in [-0.05, 0) is 37.5 Å². The number of rotatable bonds is 4. The van der Waals surface area contributed by atoms with Gasteiger partial charge in [0.25, 0.3) is 0 Å². The summed E-state index contributed by atoms with van der Waals surface area (Å²) < 4.78 is 5.35. The number of hydrogen-bond acceptors (Lipinski definition) is 3. The van der Waals surface area contributed by atoms with Crippen molar-refractivity contribution in [2.75, 3.05) is 26.7 Å². The summed E-state index contributed by atoms with van der Waals surface area (Å²) in [5, 5.41) is 12.9. The van der Waals surface area contributed by atoms with Crippen LogP contribution in [-0.2, 0) is 6.54 Å². The van der Waals surface area contributed by atoms with Gasteiger partial charge < -0.3 is 20.1 Å². The molecule has 0 unspecified atom stereocenters. The number of ether oxygens (including phenoxy) is 1. The maximum absolute atomic E-state index is 9.66. The second-order valence-corrected chi connectivity index (χ2v) is 5.36. The number of guanidine groups is 1. The summed E-state index contributed by atoms with van der Waals surface area (Å²) in [4.78, 5) is 6.78. The van der Waals surface area contributed by atoms with Crippen molar-refractivity contribution in [3.05, 3.63) is 29.3 Å². The molecule has 1 aromatic carbocycles. The van der Waals surface area contributed by atoms with Gasteiger partial charge in [0.15, 0.2) is 5.96 Å². The van der Waals surface area contributed by atoms with Gasteiger partial charge in [-0.25, -0.2) is 4.99 Å². The van der Waals surface area contributed by atoms with Gasteiger partial charge in [0.05, 0.1) is 19.8 Å². The van der Waals surface area contributed by atoms with Gasteiger partial charge in [0, 0.05) is 19.6 Å². The molecule has 1 aliphatic heterocycles. The molecule has 1 saturated heterocycles. The second-order valence-electron chi connectivity index (χ2n) is 5.36. The summed E-state index contributed by atoms with van der Waals surface area (Å²) in [6.07, 6.45) is 0.566. The first-order valence-electron chi connectivity index (χ1n) is 7.49. The normalized spacial score (nSPS) is 19.0. The average molecular weight is 291 g/mol. The van der Waals surface area contributed by atoms with Crippen molar-refractivity contribution in [1.82, 2.24) is 10.2 Å². The number of aliphatic imine (C=N–C) groups is 1. The van der Waals surface area contributed by atoms with Crippen molar-refractivity contribution in [2.24, 2.45) is 4.99 Å². The van der Waals surface area contributed by atoms with Crippen LogP contribution in [0.15, 0.2) is 23.2 Å². The molecular weight excluding hydrogens is 266 g/mol. The molecular formula is C16H25N3O2. The van der Waals surface area contributed by atoms with Gasteiger partial charge >= 0.3 is 0 Å². The molecule has 0 saturated carbocycles. The van der Waals surface area contributed by atoms with Crippen LogP contribution in [0, 0.1) is 6.92 Å². The van der Waals surface area contributed by atoms with Crippen molar-refractivity contribution < 1.29 is 9.84 Å². The van der Waals surface area contributed by atoms with Crippen molar-refractivity contribution >= 4 is 5.96 Å². The third-order valence-electron chi connectivity index (χ3n) is 3.68. The highest BCUT2D eigenvalue weighted by atomic mass is 16.5. The van der Waals surface area contributed by atoms with Crippen molar-refractivity contribution in [3.63, 3.8) is 0 Å². The van der Waals surface area contributed by atoms with Gasteiger partial charge in [0.2, 0.25) is 0 Å². The number of methoxy groups -OCH3 is 1. The molecule has 0 bridgehead atoms. The molecule has 2 N–H and O–H groups in total. The molecule has 1 aromatic rings. The standard InChI is InChI=1S/C16H25N3O2/c1-4-17-16(19-8-7-14(20)11-19)18-10-13-6-5-12(2)15(9-13)21-3/h5-6,9,14,20H,4,7-8,10-11H2,1-3H3,(H,17,18)/t14-/m1/s1. The Labute approximate surface area is 126 Å². The Morgan fingerprint density at radius 3 is 2.95 bits per heavy atom. The lowest BCUT2D eigenvalue weighted by molar-refractivity contribution is 0.188. The van der Waals surface area contributed by atoms with E-state index in [4.69, 9.17) is 4.74 Å². The van der Waals surface area contributed by atoms with Crippen LogP contribution in [0.4, 0.5) is 0 Å². The van der Waals surface area contributed by atoms with Crippen molar-refractivity contribution in [2.45, 2.75) is 32.9 Å². The molecule has 21 heavy (non-hydrogen) atoms. The molecule has 0 radical (unpaired) electrons. The molecule has 1 fully saturated rings. The first-order valence-corrected chi connectivity index (χ1v) is 7.49. The third-order valence-corrected chi connectivity index (χ3v) is 3.68. The van der Waals surface area contributed by atoms with Crippen LogP contribution in [0.25, 0.3) is 0 Å². The zero-order chi connectivity index (χ0) is 15.2. The van der Waals surface area contributed by atoms with Crippen molar-refractivity contribution in [3.8, 4) is 5.75 Å². The number of β-amino-alcohol motifs (C(OH)–C–C–N with tert-alkyl or cyclic N) is 1. The smallest absolute Gasteiger partial charge is 0.194 e. The Hall–Kier alpha value is -1.75. The van der Waals surface area contributed by atoms with Crippen LogP contribution in [0.1, 0.15) is 24.5 Å². The van der Waals surface area contributed by atoms with Gasteiger partial charge in [-0.15, -0.1) is 0 Å². The minimum atomic E-state index is -0.242. The van der Waals surface area contributed by atoms with E-state index in [2.05, 4.69) is 34.3 Å². The number of aliphatic hydroxyl groups is 1. The molecule has 0 amide bonds. The lowest BCUT2D eigenvalue weighted by atomic mass is 10.1. The van der Waals surface area contributed by atoms with Gasteiger partial charge in [-0.3, -0.25) is 0 Å². The molecule has 1 atom stereocenters. The van der Waals surface area contributed by atoms with E-state index >= 15 is 0 Å². The lowest BCUT2D eigenvalue weighted by Crippen LogP contribution is -2.40. The highest BCUT2D eigenvalue weighted by molar-refractivity contribution is 5.80. The molecule has 0 aliphatic carbocycles. The molecule has 0 spiro atoms. The van der Waals surface area contributed by atoms with Crippen LogP contribution < -0.4 is 10.1 Å². The Balaban J connectivity index is 2.08. The van der Waals surface area contributed by atoms with Gasteiger partial charge in [-0.1, -0.05) is 12.1 Å². The fraction of sp³-hybridized carbons (Fsp3) is 0.562. The lowest BCUT2D eigenvalue weighted by Gasteiger charge is -2.21. The highest BCUT2D eigenvalue weighted by Gasteiger charge is 2.22. The number of nitrogens with zero attached hydrogens (tertiary/aromatic N) is 2. The SMILES string of the molecule is CCNC(=NCc1ccc(C)c(OC)c1)N1CC[C@@H](O)C1. The maximum Gasteiger partial charge on any atom is 0.194 e. The van der Waals surface area contributed by atoms with E-state index < -0.39 is 0 Å². The zero-order valence-corrected chi connectivity index (χ0v) is 13.1. The van der Waals surface area contributed by atoms with E-state index in [1.807, 2.05) is 13.0 Å². The number of aliphatic hydroxyl groups excluding tert-OH is 1. The topological polar surface area (TPSA) is 57.1 Å². The summed E-state index contributed by atoms with van der Waals surface area (Å²) >= 11 is 0. The molecule has 1 aliphatic rings. The fourth-order valence-corrected chi connectivity index (χ4v) is 2.49. The number of likely N-dealkylation sites (tertiary alicyclic amines) is 1. The minimum Gasteiger partial charge on any atom is -0.496 e. The summed E-state index contributed by atoms with van der Waals surface area (Å²) in [6.45, 7) is 7.01. The van der Waals surface area contributed by atoms with Crippen molar-refractivity contribution in [1.29, 1.82) is 0 Å². The number of hydrogen-bond donors (Lipinski definition) is 2. The Morgan fingerprint density at radius 2 is 2.33 bits per heavy atom. The molecule has 0 aromatic heterocycles. The minimum absolute atomic E-state index is 0.242. The molecule has 5 heteroatoms.